The van der Waals surface area contributed by atoms with Crippen molar-refractivity contribution in [2.24, 2.45) is 0 Å². The first-order valence-corrected chi connectivity index (χ1v) is 19.6. The molecule has 0 amide bonds. The van der Waals surface area contributed by atoms with Gasteiger partial charge in [0.05, 0.1) is 29.5 Å². The lowest BCUT2D eigenvalue weighted by molar-refractivity contribution is -0.142. The van der Waals surface area contributed by atoms with Crippen molar-refractivity contribution in [2.75, 3.05) is 34.9 Å². The standard InChI is InChI=1S/C38H32Br2N2O6S2/c1-3-47-37(43)23-41(49-35-21-17-31(39)25-11-5-9-15-29(25)35)33-19-20-34(28-14-8-7-13-27(28)33)42(24-38(44)48-4-2)50(45,46)36-22-18-32(40)26-12-6-10-16-30(26)36/h5-22H,3-4,23-24H2,1-2H3. The number of fused-ring (bicyclic) bond motifs is 3. The Hall–Kier alpha value is -4.10. The average Bonchev–Trinajstić information content (AvgIpc) is 3.11. The van der Waals surface area contributed by atoms with Gasteiger partial charge in [-0.3, -0.25) is 13.9 Å². The van der Waals surface area contributed by atoms with Gasteiger partial charge in [-0.1, -0.05) is 105 Å². The van der Waals surface area contributed by atoms with Gasteiger partial charge in [0, 0.05) is 30.0 Å². The maximum atomic E-state index is 14.7. The fourth-order valence-electron chi connectivity index (χ4n) is 5.83. The summed E-state index contributed by atoms with van der Waals surface area (Å²) in [6, 6.07) is 33.2. The molecular weight excluding hydrogens is 804 g/mol. The van der Waals surface area contributed by atoms with Gasteiger partial charge in [-0.2, -0.15) is 0 Å². The van der Waals surface area contributed by atoms with Gasteiger partial charge in [0.15, 0.2) is 0 Å². The van der Waals surface area contributed by atoms with Crippen molar-refractivity contribution in [1.29, 1.82) is 0 Å². The fraction of sp³-hybridized carbons (Fsp3) is 0.158. The molecule has 0 bridgehead atoms. The Balaban J connectivity index is 1.52. The SMILES string of the molecule is CCOC(=O)CN(Sc1ccc(Br)c2ccccc12)c1ccc(N(CC(=O)OCC)S(=O)(=O)c2ccc(Br)c3ccccc23)c2ccccc12. The van der Waals surface area contributed by atoms with E-state index in [1.54, 1.807) is 44.2 Å². The molecule has 6 aromatic carbocycles. The zero-order valence-corrected chi connectivity index (χ0v) is 31.9. The molecule has 50 heavy (non-hydrogen) atoms. The minimum Gasteiger partial charge on any atom is -0.465 e. The molecule has 0 aromatic heterocycles. The lowest BCUT2D eigenvalue weighted by atomic mass is 10.1. The van der Waals surface area contributed by atoms with Crippen molar-refractivity contribution >= 4 is 109 Å². The molecule has 0 saturated heterocycles. The molecule has 256 valence electrons. The Morgan fingerprint density at radius 2 is 1.08 bits per heavy atom. The highest BCUT2D eigenvalue weighted by molar-refractivity contribution is 9.11. The normalized spacial score (nSPS) is 11.5. The molecule has 12 heteroatoms. The molecule has 6 aromatic rings. The van der Waals surface area contributed by atoms with E-state index in [9.17, 15) is 18.0 Å². The third-order valence-corrected chi connectivity index (χ3v) is 12.3. The van der Waals surface area contributed by atoms with Gasteiger partial charge in [-0.05, 0) is 78.4 Å². The van der Waals surface area contributed by atoms with Gasteiger partial charge in [0.25, 0.3) is 10.0 Å². The number of hydrogen-bond acceptors (Lipinski definition) is 8. The van der Waals surface area contributed by atoms with E-state index in [0.29, 0.717) is 27.5 Å². The van der Waals surface area contributed by atoms with Crippen LogP contribution in [0.1, 0.15) is 13.8 Å². The van der Waals surface area contributed by atoms with Crippen LogP contribution in [-0.4, -0.2) is 46.7 Å². The van der Waals surface area contributed by atoms with Gasteiger partial charge in [-0.15, -0.1) is 0 Å². The number of esters is 2. The summed E-state index contributed by atoms with van der Waals surface area (Å²) in [5.74, 6) is -1.10. The fourth-order valence-corrected chi connectivity index (χ4v) is 9.48. The summed E-state index contributed by atoms with van der Waals surface area (Å²) in [5.41, 5.74) is 0.955. The van der Waals surface area contributed by atoms with Crippen molar-refractivity contribution < 1.29 is 27.5 Å². The lowest BCUT2D eigenvalue weighted by Crippen LogP contribution is -2.37. The van der Waals surface area contributed by atoms with E-state index in [1.165, 1.54) is 18.0 Å². The van der Waals surface area contributed by atoms with Crippen molar-refractivity contribution in [3.05, 3.63) is 118 Å². The number of hydrogen-bond donors (Lipinski definition) is 0. The summed E-state index contributed by atoms with van der Waals surface area (Å²) < 4.78 is 44.7. The Bertz CT molecular complexity index is 2350. The van der Waals surface area contributed by atoms with E-state index < -0.39 is 28.5 Å². The lowest BCUT2D eigenvalue weighted by Gasteiger charge is -2.29. The average molecular weight is 837 g/mol. The Morgan fingerprint density at radius 3 is 1.70 bits per heavy atom. The first kappa shape index (κ1) is 35.7. The highest BCUT2D eigenvalue weighted by Gasteiger charge is 2.32. The third-order valence-electron chi connectivity index (χ3n) is 8.01. The second kappa shape index (κ2) is 15.4. The highest BCUT2D eigenvalue weighted by atomic mass is 79.9. The van der Waals surface area contributed by atoms with E-state index in [1.807, 2.05) is 77.1 Å². The number of ether oxygens (including phenoxy) is 2. The quantitative estimate of drug-likeness (QED) is 0.0890. The van der Waals surface area contributed by atoms with E-state index in [4.69, 9.17) is 9.47 Å². The number of nitrogens with zero attached hydrogens (tertiary/aromatic N) is 2. The molecular formula is C38H32Br2N2O6S2. The molecule has 0 radical (unpaired) electrons. The first-order chi connectivity index (χ1) is 24.1. The van der Waals surface area contributed by atoms with E-state index >= 15 is 0 Å². The monoisotopic (exact) mass is 834 g/mol. The molecule has 8 nitrogen and oxygen atoms in total. The number of rotatable bonds is 12. The van der Waals surface area contributed by atoms with Crippen LogP contribution in [0.4, 0.5) is 11.4 Å². The van der Waals surface area contributed by atoms with Crippen LogP contribution in [0.5, 0.6) is 0 Å². The predicted octanol–water partition coefficient (Wildman–Crippen LogP) is 9.51. The summed E-state index contributed by atoms with van der Waals surface area (Å²) in [7, 11) is -4.32. The van der Waals surface area contributed by atoms with E-state index in [0.717, 1.165) is 34.3 Å². The third kappa shape index (κ3) is 7.20. The van der Waals surface area contributed by atoms with Crippen molar-refractivity contribution in [1.82, 2.24) is 0 Å². The van der Waals surface area contributed by atoms with Crippen LogP contribution < -0.4 is 8.61 Å². The smallest absolute Gasteiger partial charge is 0.326 e. The van der Waals surface area contributed by atoms with Gasteiger partial charge in [0.1, 0.15) is 13.1 Å². The number of anilines is 2. The predicted molar refractivity (Wildman–Crippen MR) is 208 cm³/mol. The molecule has 0 aliphatic heterocycles. The highest BCUT2D eigenvalue weighted by Crippen LogP contribution is 2.42. The first-order valence-electron chi connectivity index (χ1n) is 15.8. The number of sulfonamides is 1. The molecule has 0 saturated carbocycles. The maximum absolute atomic E-state index is 14.7. The van der Waals surface area contributed by atoms with Gasteiger partial charge in [0.2, 0.25) is 0 Å². The summed E-state index contributed by atoms with van der Waals surface area (Å²) in [4.78, 5) is 27.0. The minimum atomic E-state index is -4.32. The number of carbonyl (C=O) groups excluding carboxylic acids is 2. The van der Waals surface area contributed by atoms with Crippen LogP contribution in [0.25, 0.3) is 32.3 Å². The topological polar surface area (TPSA) is 93.2 Å². The van der Waals surface area contributed by atoms with Gasteiger partial charge >= 0.3 is 11.9 Å². The van der Waals surface area contributed by atoms with Gasteiger partial charge in [-0.25, -0.2) is 8.42 Å². The summed E-state index contributed by atoms with van der Waals surface area (Å²) in [5, 5.41) is 4.49. The molecule has 0 N–H and O–H groups in total. The molecule has 0 unspecified atom stereocenters. The molecule has 0 aliphatic carbocycles. The zero-order valence-electron chi connectivity index (χ0n) is 27.1. The second-order valence-electron chi connectivity index (χ2n) is 11.1. The van der Waals surface area contributed by atoms with Crippen LogP contribution in [0.3, 0.4) is 0 Å². The molecule has 0 aliphatic rings. The number of carbonyl (C=O) groups is 2. The molecule has 0 fully saturated rings. The number of halogens is 2. The largest absolute Gasteiger partial charge is 0.465 e. The zero-order chi connectivity index (χ0) is 35.4. The number of benzene rings is 6. The van der Waals surface area contributed by atoms with Crippen molar-refractivity contribution in [3.63, 3.8) is 0 Å². The van der Waals surface area contributed by atoms with Crippen LogP contribution in [0.15, 0.2) is 128 Å². The molecule has 0 heterocycles. The second-order valence-corrected chi connectivity index (χ2v) is 15.7. The van der Waals surface area contributed by atoms with Gasteiger partial charge < -0.3 is 13.8 Å². The van der Waals surface area contributed by atoms with Crippen LogP contribution in [0, 0.1) is 0 Å². The molecule has 0 atom stereocenters. The maximum Gasteiger partial charge on any atom is 0.326 e. The summed E-state index contributed by atoms with van der Waals surface area (Å²) in [6.45, 7) is 3.13. The van der Waals surface area contributed by atoms with Crippen molar-refractivity contribution in [3.8, 4) is 0 Å². The van der Waals surface area contributed by atoms with Crippen LogP contribution in [-0.2, 0) is 29.1 Å². The van der Waals surface area contributed by atoms with Crippen LogP contribution >= 0.6 is 43.8 Å². The molecule has 0 spiro atoms. The van der Waals surface area contributed by atoms with Crippen molar-refractivity contribution in [2.45, 2.75) is 23.6 Å². The van der Waals surface area contributed by atoms with E-state index in [2.05, 4.69) is 31.9 Å². The Labute approximate surface area is 311 Å². The minimum absolute atomic E-state index is 0.0513. The summed E-state index contributed by atoms with van der Waals surface area (Å²) in [6.07, 6.45) is 0. The summed E-state index contributed by atoms with van der Waals surface area (Å²) >= 11 is 8.57. The Kier molecular flexibility index (Phi) is 11.0. The van der Waals surface area contributed by atoms with Crippen LogP contribution in [0.2, 0.25) is 0 Å². The Morgan fingerprint density at radius 1 is 0.600 bits per heavy atom. The van der Waals surface area contributed by atoms with E-state index in [-0.39, 0.29) is 24.7 Å². The molecule has 6 rings (SSSR count).